The van der Waals surface area contributed by atoms with Crippen molar-refractivity contribution in [3.8, 4) is 0 Å². The maximum atomic E-state index is 14.0. The maximum Gasteiger partial charge on any atom is 0.417 e. The van der Waals surface area contributed by atoms with Crippen LogP contribution in [0.4, 0.5) is 50.0 Å². The topological polar surface area (TPSA) is 66.9 Å². The highest BCUT2D eigenvalue weighted by atomic mass is 19.4. The molecular formula is C31H31F9N2O4. The Kier molecular flexibility index (Phi) is 9.75. The summed E-state index contributed by atoms with van der Waals surface area (Å²) in [4.78, 5) is 40.5. The number of ketones is 1. The number of amides is 2. The first-order valence-electron chi connectivity index (χ1n) is 14.5. The molecule has 4 rings (SSSR count). The Labute approximate surface area is 258 Å². The Balaban J connectivity index is 1.93. The zero-order valence-electron chi connectivity index (χ0n) is 25.0. The highest BCUT2D eigenvalue weighted by Gasteiger charge is 2.46. The van der Waals surface area contributed by atoms with E-state index in [1.165, 1.54) is 4.90 Å². The molecular weight excluding hydrogens is 635 g/mol. The van der Waals surface area contributed by atoms with E-state index in [0.717, 1.165) is 42.9 Å². The monoisotopic (exact) mass is 666 g/mol. The van der Waals surface area contributed by atoms with E-state index in [1.54, 1.807) is 6.92 Å². The second-order valence-electron chi connectivity index (χ2n) is 11.5. The summed E-state index contributed by atoms with van der Waals surface area (Å²) in [6, 6.07) is 1.26. The number of hydrogen-bond donors (Lipinski definition) is 0. The molecule has 0 N–H and O–H groups in total. The van der Waals surface area contributed by atoms with E-state index in [4.69, 9.17) is 4.74 Å². The third-order valence-electron chi connectivity index (χ3n) is 8.47. The molecule has 1 aliphatic carbocycles. The van der Waals surface area contributed by atoms with Gasteiger partial charge in [0.15, 0.2) is 5.78 Å². The van der Waals surface area contributed by atoms with Gasteiger partial charge in [-0.05, 0) is 80.5 Å². The molecule has 46 heavy (non-hydrogen) atoms. The van der Waals surface area contributed by atoms with Gasteiger partial charge in [0.05, 0.1) is 35.0 Å². The van der Waals surface area contributed by atoms with Crippen molar-refractivity contribution in [3.05, 3.63) is 63.7 Å². The summed E-state index contributed by atoms with van der Waals surface area (Å²) in [7, 11) is 0. The molecule has 15 heteroatoms. The van der Waals surface area contributed by atoms with Gasteiger partial charge in [-0.25, -0.2) is 4.79 Å². The van der Waals surface area contributed by atoms with E-state index < -0.39 is 82.8 Å². The minimum absolute atomic E-state index is 0.00950. The summed E-state index contributed by atoms with van der Waals surface area (Å²) in [5, 5.41) is 0. The van der Waals surface area contributed by atoms with Crippen LogP contribution in [0.5, 0.6) is 0 Å². The molecule has 2 aliphatic rings. The standard InChI is InChI=1S/C31H31F9N2O4/c1-4-46-28(45)42-24-10-9-20(29(32,33)34)13-21(24)26(14-25(42)19-7-5-6-8-19)41(17(3)44)15-18-11-22(30(35,36)37)27(16(2)43)23(12-18)31(38,39)40/h9-13,19,25-26H,4-8,14-15H2,1-3H3. The van der Waals surface area contributed by atoms with Crippen molar-refractivity contribution in [2.45, 2.75) is 90.0 Å². The Morgan fingerprint density at radius 3 is 1.89 bits per heavy atom. The molecule has 0 aromatic heterocycles. The van der Waals surface area contributed by atoms with E-state index in [-0.39, 0.29) is 30.2 Å². The summed E-state index contributed by atoms with van der Waals surface area (Å²) >= 11 is 0. The van der Waals surface area contributed by atoms with Crippen LogP contribution in [-0.4, -0.2) is 35.3 Å². The molecule has 2 unspecified atom stereocenters. The predicted octanol–water partition coefficient (Wildman–Crippen LogP) is 8.96. The van der Waals surface area contributed by atoms with Gasteiger partial charge in [-0.3, -0.25) is 14.5 Å². The van der Waals surface area contributed by atoms with Crippen molar-refractivity contribution in [3.63, 3.8) is 0 Å². The maximum absolute atomic E-state index is 14.0. The molecule has 2 amide bonds. The fourth-order valence-electron chi connectivity index (χ4n) is 6.58. The number of halogens is 9. The fourth-order valence-corrected chi connectivity index (χ4v) is 6.58. The summed E-state index contributed by atoms with van der Waals surface area (Å²) < 4.78 is 131. The van der Waals surface area contributed by atoms with E-state index in [9.17, 15) is 53.9 Å². The number of Topliss-reactive ketones (excluding diaryl/α,β-unsaturated/α-hetero) is 1. The van der Waals surface area contributed by atoms with Crippen LogP contribution >= 0.6 is 0 Å². The lowest BCUT2D eigenvalue weighted by Gasteiger charge is -2.46. The Hall–Kier alpha value is -3.78. The first kappa shape index (κ1) is 35.1. The van der Waals surface area contributed by atoms with Gasteiger partial charge in [0.25, 0.3) is 0 Å². The highest BCUT2D eigenvalue weighted by molar-refractivity contribution is 5.97. The lowest BCUT2D eigenvalue weighted by molar-refractivity contribution is -0.144. The fraction of sp³-hybridized carbons (Fsp3) is 0.516. The number of carbonyl (C=O) groups excluding carboxylic acids is 3. The molecule has 0 radical (unpaired) electrons. The van der Waals surface area contributed by atoms with Gasteiger partial charge in [-0.2, -0.15) is 39.5 Å². The van der Waals surface area contributed by atoms with Crippen LogP contribution in [0.1, 0.15) is 97.1 Å². The first-order chi connectivity index (χ1) is 21.3. The minimum Gasteiger partial charge on any atom is -0.449 e. The molecule has 0 spiro atoms. The average Bonchev–Trinajstić information content (AvgIpc) is 3.48. The van der Waals surface area contributed by atoms with Crippen molar-refractivity contribution in [1.29, 1.82) is 0 Å². The Morgan fingerprint density at radius 2 is 1.43 bits per heavy atom. The molecule has 1 fully saturated rings. The van der Waals surface area contributed by atoms with Crippen molar-refractivity contribution < 1.29 is 58.6 Å². The average molecular weight is 667 g/mol. The number of carbonyl (C=O) groups is 3. The van der Waals surface area contributed by atoms with Gasteiger partial charge in [0.1, 0.15) is 0 Å². The number of rotatable bonds is 6. The van der Waals surface area contributed by atoms with Crippen LogP contribution in [0.2, 0.25) is 0 Å². The molecule has 1 saturated carbocycles. The van der Waals surface area contributed by atoms with Gasteiger partial charge in [0, 0.05) is 25.1 Å². The second kappa shape index (κ2) is 12.8. The predicted molar refractivity (Wildman–Crippen MR) is 147 cm³/mol. The summed E-state index contributed by atoms with van der Waals surface area (Å²) in [6.45, 7) is 2.19. The van der Waals surface area contributed by atoms with Crippen LogP contribution in [0.15, 0.2) is 30.3 Å². The zero-order chi connectivity index (χ0) is 34.4. The van der Waals surface area contributed by atoms with Crippen LogP contribution in [0.3, 0.4) is 0 Å². The number of anilines is 1. The lowest BCUT2D eigenvalue weighted by Crippen LogP contribution is -2.51. The van der Waals surface area contributed by atoms with Crippen LogP contribution < -0.4 is 4.90 Å². The summed E-state index contributed by atoms with van der Waals surface area (Å²) in [5.74, 6) is -2.49. The van der Waals surface area contributed by atoms with E-state index >= 15 is 0 Å². The number of fused-ring (bicyclic) bond motifs is 1. The third kappa shape index (κ3) is 7.12. The molecule has 0 bridgehead atoms. The van der Waals surface area contributed by atoms with Crippen molar-refractivity contribution in [2.75, 3.05) is 11.5 Å². The molecule has 0 saturated heterocycles. The van der Waals surface area contributed by atoms with Gasteiger partial charge in [0.2, 0.25) is 5.91 Å². The van der Waals surface area contributed by atoms with Gasteiger partial charge in [-0.15, -0.1) is 0 Å². The van der Waals surface area contributed by atoms with E-state index in [0.29, 0.717) is 31.9 Å². The smallest absolute Gasteiger partial charge is 0.417 e. The molecule has 252 valence electrons. The largest absolute Gasteiger partial charge is 0.449 e. The van der Waals surface area contributed by atoms with E-state index in [1.807, 2.05) is 0 Å². The van der Waals surface area contributed by atoms with Crippen LogP contribution in [-0.2, 0) is 34.6 Å². The van der Waals surface area contributed by atoms with Crippen molar-refractivity contribution in [1.82, 2.24) is 4.90 Å². The third-order valence-corrected chi connectivity index (χ3v) is 8.47. The lowest BCUT2D eigenvalue weighted by atomic mass is 9.82. The first-order valence-corrected chi connectivity index (χ1v) is 14.5. The quantitative estimate of drug-likeness (QED) is 0.228. The molecule has 6 nitrogen and oxygen atoms in total. The van der Waals surface area contributed by atoms with Gasteiger partial charge >= 0.3 is 24.6 Å². The molecule has 2 aromatic carbocycles. The summed E-state index contributed by atoms with van der Waals surface area (Å²) in [6.07, 6.45) is -13.7. The number of benzene rings is 2. The van der Waals surface area contributed by atoms with Crippen LogP contribution in [0, 0.1) is 5.92 Å². The normalized spacial score (nSPS) is 19.2. The number of nitrogens with zero attached hydrogens (tertiary/aromatic N) is 2. The number of alkyl halides is 9. The molecule has 1 aliphatic heterocycles. The SMILES string of the molecule is CCOC(=O)N1c2ccc(C(F)(F)F)cc2C(N(Cc2cc(C(F)(F)F)c(C(C)=O)c(C(F)(F)F)c2)C(C)=O)CC1C1CCCC1. The van der Waals surface area contributed by atoms with E-state index in [2.05, 4.69) is 0 Å². The van der Waals surface area contributed by atoms with Gasteiger partial charge < -0.3 is 9.64 Å². The Bertz CT molecular complexity index is 1460. The summed E-state index contributed by atoms with van der Waals surface area (Å²) in [5.41, 5.74) is -7.24. The minimum atomic E-state index is -5.38. The van der Waals surface area contributed by atoms with Crippen molar-refractivity contribution in [2.24, 2.45) is 5.92 Å². The second-order valence-corrected chi connectivity index (χ2v) is 11.5. The van der Waals surface area contributed by atoms with Gasteiger partial charge in [-0.1, -0.05) is 12.8 Å². The zero-order valence-corrected chi connectivity index (χ0v) is 25.0. The molecule has 2 atom stereocenters. The van der Waals surface area contributed by atoms with Crippen molar-refractivity contribution >= 4 is 23.5 Å². The highest BCUT2D eigenvalue weighted by Crippen LogP contribution is 2.48. The molecule has 1 heterocycles. The number of ether oxygens (including phenoxy) is 1. The number of hydrogen-bond acceptors (Lipinski definition) is 4. The molecule has 2 aromatic rings. The Morgan fingerprint density at radius 1 is 0.870 bits per heavy atom. The van der Waals surface area contributed by atoms with Crippen LogP contribution in [0.25, 0.3) is 0 Å².